The van der Waals surface area contributed by atoms with Gasteiger partial charge in [-0.1, -0.05) is 55.2 Å². The molecule has 16 heteroatoms. The molecule has 8 rings (SSSR count). The summed E-state index contributed by atoms with van der Waals surface area (Å²) in [6.45, 7) is 9.26. The van der Waals surface area contributed by atoms with Crippen LogP contribution in [0.5, 0.6) is 5.75 Å². The SMILES string of the molecule is C[Si](C)(C)CCOCn1c(=NC(=O)c2cccc3c2CN(c2nc(C(=O)O)c(CCOc4ccc(-n5ncc6cncnc65)cc4)s2)CC3)sc2ccccc21. The molecule has 56 heavy (non-hydrogen) atoms. The zero-order valence-corrected chi connectivity index (χ0v) is 33.8. The summed E-state index contributed by atoms with van der Waals surface area (Å²) < 4.78 is 16.9. The van der Waals surface area contributed by atoms with Gasteiger partial charge in [-0.05, 0) is 66.1 Å². The van der Waals surface area contributed by atoms with Crippen molar-refractivity contribution in [2.75, 3.05) is 24.7 Å². The fourth-order valence-electron chi connectivity index (χ4n) is 6.58. The van der Waals surface area contributed by atoms with Gasteiger partial charge in [-0.25, -0.2) is 24.4 Å². The minimum Gasteiger partial charge on any atom is -0.493 e. The lowest BCUT2D eigenvalue weighted by Gasteiger charge is -2.29. The van der Waals surface area contributed by atoms with Crippen molar-refractivity contribution in [3.8, 4) is 11.4 Å². The molecule has 1 aliphatic rings. The van der Waals surface area contributed by atoms with E-state index in [0.29, 0.717) is 71.0 Å². The lowest BCUT2D eigenvalue weighted by atomic mass is 9.95. The van der Waals surface area contributed by atoms with Crippen LogP contribution in [0.15, 0.2) is 90.4 Å². The highest BCUT2D eigenvalue weighted by Gasteiger charge is 2.27. The van der Waals surface area contributed by atoms with Crippen molar-refractivity contribution >= 4 is 69.0 Å². The Labute approximate surface area is 331 Å². The molecule has 7 aromatic rings. The maximum Gasteiger partial charge on any atom is 0.355 e. The average molecular weight is 805 g/mol. The number of carboxylic acids is 1. The fraction of sp³-hybridized carbons (Fsp3) is 0.275. The minimum absolute atomic E-state index is 0.0167. The van der Waals surface area contributed by atoms with E-state index in [9.17, 15) is 14.7 Å². The van der Waals surface area contributed by atoms with Gasteiger partial charge in [-0.15, -0.1) is 11.3 Å². The number of ether oxygens (including phenoxy) is 2. The van der Waals surface area contributed by atoms with Gasteiger partial charge in [0.15, 0.2) is 21.3 Å². The van der Waals surface area contributed by atoms with Crippen LogP contribution in [0, 0.1) is 0 Å². The number of aromatic carboxylic acids is 1. The Bertz CT molecular complexity index is 2630. The molecular formula is C40H40N8O5S2Si. The zero-order chi connectivity index (χ0) is 38.8. The van der Waals surface area contributed by atoms with Crippen molar-refractivity contribution in [3.05, 3.63) is 118 Å². The van der Waals surface area contributed by atoms with Gasteiger partial charge in [0.2, 0.25) is 0 Å². The van der Waals surface area contributed by atoms with Gasteiger partial charge in [0.1, 0.15) is 18.8 Å². The number of aromatic nitrogens is 6. The summed E-state index contributed by atoms with van der Waals surface area (Å²) in [4.78, 5) is 47.2. The third kappa shape index (κ3) is 8.04. The van der Waals surface area contributed by atoms with E-state index < -0.39 is 14.0 Å². The second-order valence-electron chi connectivity index (χ2n) is 14.7. The van der Waals surface area contributed by atoms with E-state index in [2.05, 4.69) is 49.6 Å². The van der Waals surface area contributed by atoms with Crippen molar-refractivity contribution in [1.82, 2.24) is 29.3 Å². The smallest absolute Gasteiger partial charge is 0.355 e. The molecule has 5 heterocycles. The molecule has 1 aliphatic heterocycles. The minimum atomic E-state index is -1.26. The van der Waals surface area contributed by atoms with E-state index in [0.717, 1.165) is 38.5 Å². The molecule has 0 unspecified atom stereocenters. The topological polar surface area (TPSA) is 150 Å². The average Bonchev–Trinajstić information content (AvgIpc) is 3.92. The van der Waals surface area contributed by atoms with Crippen LogP contribution in [0.4, 0.5) is 5.13 Å². The van der Waals surface area contributed by atoms with Crippen LogP contribution >= 0.6 is 22.7 Å². The highest BCUT2D eigenvalue weighted by atomic mass is 32.1. The van der Waals surface area contributed by atoms with E-state index in [4.69, 9.17) is 9.47 Å². The van der Waals surface area contributed by atoms with E-state index >= 15 is 0 Å². The van der Waals surface area contributed by atoms with Crippen LogP contribution in [0.3, 0.4) is 0 Å². The predicted molar refractivity (Wildman–Crippen MR) is 220 cm³/mol. The first-order chi connectivity index (χ1) is 27.1. The summed E-state index contributed by atoms with van der Waals surface area (Å²) in [5.41, 5.74) is 5.01. The largest absolute Gasteiger partial charge is 0.493 e. The third-order valence-corrected chi connectivity index (χ3v) is 13.5. The number of carbonyl (C=O) groups is 2. The zero-order valence-electron chi connectivity index (χ0n) is 31.2. The molecule has 3 aromatic carbocycles. The number of rotatable bonds is 13. The van der Waals surface area contributed by atoms with Gasteiger partial charge in [-0.2, -0.15) is 10.1 Å². The van der Waals surface area contributed by atoms with Crippen molar-refractivity contribution < 1.29 is 24.2 Å². The number of carboxylic acid groups (broad SMARTS) is 1. The number of fused-ring (bicyclic) bond motifs is 3. The van der Waals surface area contributed by atoms with Crippen LogP contribution in [-0.2, 0) is 30.9 Å². The molecule has 0 spiro atoms. The summed E-state index contributed by atoms with van der Waals surface area (Å²) in [6.07, 6.45) is 5.97. The molecule has 0 fully saturated rings. The number of anilines is 1. The van der Waals surface area contributed by atoms with Gasteiger partial charge in [0, 0.05) is 50.8 Å². The molecule has 0 atom stereocenters. The summed E-state index contributed by atoms with van der Waals surface area (Å²) in [5.74, 6) is -0.767. The summed E-state index contributed by atoms with van der Waals surface area (Å²) in [7, 11) is -1.26. The summed E-state index contributed by atoms with van der Waals surface area (Å²) >= 11 is 2.82. The van der Waals surface area contributed by atoms with Gasteiger partial charge in [0.05, 0.1) is 34.1 Å². The molecular weight excluding hydrogens is 765 g/mol. The third-order valence-electron chi connectivity index (χ3n) is 9.58. The first-order valence-electron chi connectivity index (χ1n) is 18.3. The van der Waals surface area contributed by atoms with E-state index in [1.807, 2.05) is 71.3 Å². The highest BCUT2D eigenvalue weighted by Crippen LogP contribution is 2.33. The quantitative estimate of drug-likeness (QED) is 0.0935. The highest BCUT2D eigenvalue weighted by molar-refractivity contribution is 7.16. The maximum atomic E-state index is 14.0. The van der Waals surface area contributed by atoms with Crippen LogP contribution in [0.25, 0.3) is 26.9 Å². The molecule has 0 bridgehead atoms. The Morgan fingerprint density at radius 2 is 1.82 bits per heavy atom. The molecule has 0 aliphatic carbocycles. The first kappa shape index (κ1) is 37.4. The normalized spacial score (nSPS) is 13.4. The number of amides is 1. The van der Waals surface area contributed by atoms with Gasteiger partial charge >= 0.3 is 5.97 Å². The Kier molecular flexibility index (Phi) is 10.6. The van der Waals surface area contributed by atoms with Gasteiger partial charge in [0.25, 0.3) is 5.91 Å². The van der Waals surface area contributed by atoms with Crippen molar-refractivity contribution in [3.63, 3.8) is 0 Å². The number of benzene rings is 3. The van der Waals surface area contributed by atoms with Crippen molar-refractivity contribution in [1.29, 1.82) is 0 Å². The molecule has 286 valence electrons. The van der Waals surface area contributed by atoms with E-state index in [1.165, 1.54) is 29.0 Å². The molecule has 0 saturated carbocycles. The van der Waals surface area contributed by atoms with Crippen LogP contribution in [0.2, 0.25) is 25.7 Å². The Morgan fingerprint density at radius 1 is 0.982 bits per heavy atom. The maximum absolute atomic E-state index is 14.0. The number of thiazole rings is 2. The lowest BCUT2D eigenvalue weighted by Crippen LogP contribution is -2.31. The second-order valence-corrected chi connectivity index (χ2v) is 22.4. The monoisotopic (exact) mass is 804 g/mol. The number of carbonyl (C=O) groups excluding carboxylic acids is 1. The first-order valence-corrected chi connectivity index (χ1v) is 23.7. The van der Waals surface area contributed by atoms with Crippen LogP contribution < -0.4 is 14.4 Å². The predicted octanol–water partition coefficient (Wildman–Crippen LogP) is 7.22. The van der Waals surface area contributed by atoms with E-state index in [-0.39, 0.29) is 18.2 Å². The second kappa shape index (κ2) is 15.9. The Hall–Kier alpha value is -5.55. The fourth-order valence-corrected chi connectivity index (χ4v) is 9.41. The molecule has 0 radical (unpaired) electrons. The Balaban J connectivity index is 0.974. The molecule has 4 aromatic heterocycles. The summed E-state index contributed by atoms with van der Waals surface area (Å²) in [5, 5.41) is 15.9. The number of hydrogen-bond acceptors (Lipinski definition) is 11. The molecule has 0 saturated heterocycles. The van der Waals surface area contributed by atoms with Crippen LogP contribution in [0.1, 0.15) is 36.9 Å². The van der Waals surface area contributed by atoms with Crippen molar-refractivity contribution in [2.45, 2.75) is 51.8 Å². The molecule has 1 N–H and O–H groups in total. The van der Waals surface area contributed by atoms with Gasteiger partial charge < -0.3 is 19.5 Å². The lowest BCUT2D eigenvalue weighted by molar-refractivity contribution is 0.0689. The number of nitrogens with zero attached hydrogens (tertiary/aromatic N) is 8. The standard InChI is InChI=1S/C40H40N8O5S2Si/c1-56(2,3)20-19-52-25-47-32-9-4-5-10-33(32)54-40(47)45-37(49)30-8-6-7-26-15-17-46(23-31(26)30)39-44-35(38(50)51)34(55-39)16-18-53-29-13-11-28(12-14-29)48-36-27(22-43-48)21-41-24-42-36/h4-14,21-22,24H,15-20,23,25H2,1-3H3,(H,50,51). The number of para-hydroxylation sites is 1. The molecule has 1 amide bonds. The van der Waals surface area contributed by atoms with Crippen LogP contribution in [-0.4, -0.2) is 74.1 Å². The summed E-state index contributed by atoms with van der Waals surface area (Å²) in [6, 6.07) is 22.3. The van der Waals surface area contributed by atoms with E-state index in [1.54, 1.807) is 17.1 Å². The molecule has 13 nitrogen and oxygen atoms in total. The van der Waals surface area contributed by atoms with Gasteiger partial charge in [-0.3, -0.25) is 9.36 Å². The van der Waals surface area contributed by atoms with Crippen molar-refractivity contribution in [2.24, 2.45) is 4.99 Å². The number of hydrogen-bond donors (Lipinski definition) is 1. The Morgan fingerprint density at radius 3 is 2.64 bits per heavy atom.